The third-order valence-corrected chi connectivity index (χ3v) is 2.85. The van der Waals surface area contributed by atoms with Crippen LogP contribution in [-0.2, 0) is 0 Å². The minimum atomic E-state index is -0.547. The maximum absolute atomic E-state index is 11.0. The number of rotatable bonds is 7. The molecule has 0 amide bonds. The number of aromatic nitrogens is 4. The molecule has 19 heavy (non-hydrogen) atoms. The summed E-state index contributed by atoms with van der Waals surface area (Å²) in [6.07, 6.45) is 1.50. The third kappa shape index (κ3) is 3.97. The molecule has 1 aromatic heterocycles. The summed E-state index contributed by atoms with van der Waals surface area (Å²) in [5.74, 6) is 0.166. The van der Waals surface area contributed by atoms with Crippen molar-refractivity contribution in [1.29, 1.82) is 0 Å². The molecule has 106 valence electrons. The number of hydrogen-bond donors (Lipinski definition) is 1. The van der Waals surface area contributed by atoms with Gasteiger partial charge >= 0.3 is 5.95 Å². The summed E-state index contributed by atoms with van der Waals surface area (Å²) < 4.78 is 0. The van der Waals surface area contributed by atoms with Gasteiger partial charge in [0.15, 0.2) is 5.03 Å². The van der Waals surface area contributed by atoms with Gasteiger partial charge in [0.05, 0.1) is 6.04 Å². The van der Waals surface area contributed by atoms with Gasteiger partial charge in [-0.1, -0.05) is 18.9 Å². The fraction of sp³-hybridized carbons (Fsp3) is 0.800. The highest BCUT2D eigenvalue weighted by Crippen LogP contribution is 2.12. The maximum Gasteiger partial charge on any atom is 0.326 e. The van der Waals surface area contributed by atoms with E-state index in [2.05, 4.69) is 25.7 Å². The van der Waals surface area contributed by atoms with E-state index in [0.717, 1.165) is 11.4 Å². The molecule has 0 aliphatic heterocycles. The van der Waals surface area contributed by atoms with Crippen molar-refractivity contribution < 1.29 is 5.03 Å². The van der Waals surface area contributed by atoms with Crippen LogP contribution in [0.15, 0.2) is 0 Å². The summed E-state index contributed by atoms with van der Waals surface area (Å²) in [5.41, 5.74) is 0. The van der Waals surface area contributed by atoms with Crippen molar-refractivity contribution in [2.75, 3.05) is 10.3 Å². The van der Waals surface area contributed by atoms with Crippen LogP contribution in [0.25, 0.3) is 0 Å². The predicted molar refractivity (Wildman–Crippen MR) is 70.2 cm³/mol. The normalized spacial score (nSPS) is 13.7. The van der Waals surface area contributed by atoms with Gasteiger partial charge in [0.1, 0.15) is 0 Å². The van der Waals surface area contributed by atoms with Crippen molar-refractivity contribution in [2.45, 2.75) is 52.6 Å². The van der Waals surface area contributed by atoms with Crippen LogP contribution in [0.3, 0.4) is 0 Å². The minimum Gasteiger partial charge on any atom is -0.349 e. The molecule has 0 aliphatic rings. The van der Waals surface area contributed by atoms with E-state index in [9.17, 15) is 10.1 Å². The van der Waals surface area contributed by atoms with Gasteiger partial charge in [-0.15, -0.1) is 20.4 Å². The monoisotopic (exact) mass is 269 g/mol. The van der Waals surface area contributed by atoms with Gasteiger partial charge in [-0.05, 0) is 26.7 Å². The molecule has 0 aliphatic carbocycles. The molecule has 9 heteroatoms. The molecule has 9 nitrogen and oxygen atoms in total. The largest absolute Gasteiger partial charge is 0.349 e. The van der Waals surface area contributed by atoms with E-state index in [0.29, 0.717) is 6.42 Å². The molecule has 1 heterocycles. The van der Waals surface area contributed by atoms with E-state index >= 15 is 0 Å². The van der Waals surface area contributed by atoms with Crippen LogP contribution in [0.2, 0.25) is 0 Å². The minimum absolute atomic E-state index is 0.103. The summed E-state index contributed by atoms with van der Waals surface area (Å²) in [6, 6.07) is -0.136. The van der Waals surface area contributed by atoms with Crippen LogP contribution in [0.5, 0.6) is 0 Å². The van der Waals surface area contributed by atoms with Crippen molar-refractivity contribution in [3.05, 3.63) is 10.1 Å². The highest BCUT2D eigenvalue weighted by molar-refractivity contribution is 5.27. The van der Waals surface area contributed by atoms with Crippen LogP contribution in [0, 0.1) is 10.1 Å². The predicted octanol–water partition coefficient (Wildman–Crippen LogP) is 1.27. The fourth-order valence-electron chi connectivity index (χ4n) is 1.30. The summed E-state index contributed by atoms with van der Waals surface area (Å²) >= 11 is 0. The Morgan fingerprint density at radius 1 is 1.21 bits per heavy atom. The van der Waals surface area contributed by atoms with Gasteiger partial charge in [-0.2, -0.15) is 0 Å². The van der Waals surface area contributed by atoms with E-state index < -0.39 is 5.03 Å². The number of nitrogens with one attached hydrogen (secondary N) is 1. The SMILES string of the molecule is CC[C@@H](C)N(c1nnc(N[C@@H](C)CC)nn1)[N+](=O)[O-]. The third-order valence-electron chi connectivity index (χ3n) is 2.85. The Morgan fingerprint density at radius 2 is 1.79 bits per heavy atom. The standard InChI is InChI=1S/C10H19N7O2/c1-5-7(3)11-9-12-14-10(15-13-9)16(17(18)19)8(4)6-2/h7-8H,5-6H2,1-4H3,(H,11,12,13)/t7-,8+/m0/s1. The molecule has 1 aromatic rings. The first kappa shape index (κ1) is 15.0. The Labute approximate surface area is 111 Å². The molecule has 0 radical (unpaired) electrons. The molecular weight excluding hydrogens is 250 g/mol. The van der Waals surface area contributed by atoms with Gasteiger partial charge in [0.2, 0.25) is 0 Å². The number of nitro groups is 1. The van der Waals surface area contributed by atoms with Crippen LogP contribution in [0.1, 0.15) is 40.5 Å². The molecule has 0 spiro atoms. The lowest BCUT2D eigenvalue weighted by Crippen LogP contribution is -2.39. The average molecular weight is 269 g/mol. The summed E-state index contributed by atoms with van der Waals surface area (Å²) in [5, 5.41) is 29.4. The fourth-order valence-corrected chi connectivity index (χ4v) is 1.30. The molecule has 1 N–H and O–H groups in total. The highest BCUT2D eigenvalue weighted by atomic mass is 16.7. The molecule has 0 bridgehead atoms. The quantitative estimate of drug-likeness (QED) is 0.582. The van der Waals surface area contributed by atoms with Gasteiger partial charge < -0.3 is 5.32 Å². The number of hydrazine groups is 1. The Balaban J connectivity index is 2.86. The van der Waals surface area contributed by atoms with Crippen molar-refractivity contribution >= 4 is 11.9 Å². The van der Waals surface area contributed by atoms with Gasteiger partial charge in [0, 0.05) is 6.04 Å². The lowest BCUT2D eigenvalue weighted by molar-refractivity contribution is -0.501. The zero-order valence-corrected chi connectivity index (χ0v) is 11.6. The smallest absolute Gasteiger partial charge is 0.326 e. The zero-order valence-electron chi connectivity index (χ0n) is 11.6. The van der Waals surface area contributed by atoms with Gasteiger partial charge in [-0.25, -0.2) is 10.1 Å². The van der Waals surface area contributed by atoms with E-state index in [1.165, 1.54) is 0 Å². The van der Waals surface area contributed by atoms with E-state index in [1.54, 1.807) is 6.92 Å². The molecule has 0 aromatic carbocycles. The van der Waals surface area contributed by atoms with Gasteiger partial charge in [0.25, 0.3) is 5.95 Å². The van der Waals surface area contributed by atoms with Crippen molar-refractivity contribution in [3.8, 4) is 0 Å². The highest BCUT2D eigenvalue weighted by Gasteiger charge is 2.27. The lowest BCUT2D eigenvalue weighted by atomic mass is 10.2. The second kappa shape index (κ2) is 6.76. The number of anilines is 2. The van der Waals surface area contributed by atoms with E-state index in [4.69, 9.17) is 0 Å². The number of nitrogens with zero attached hydrogens (tertiary/aromatic N) is 6. The van der Waals surface area contributed by atoms with Gasteiger partial charge in [-0.3, -0.25) is 0 Å². The molecular formula is C10H19N7O2. The molecule has 0 saturated carbocycles. The Hall–Kier alpha value is -2.06. The Morgan fingerprint density at radius 3 is 2.21 bits per heavy atom. The molecule has 0 saturated heterocycles. The first-order valence-corrected chi connectivity index (χ1v) is 6.27. The van der Waals surface area contributed by atoms with Crippen LogP contribution in [-0.4, -0.2) is 37.5 Å². The molecule has 1 rings (SSSR count). The second-order valence-corrected chi connectivity index (χ2v) is 4.32. The first-order valence-electron chi connectivity index (χ1n) is 6.27. The maximum atomic E-state index is 11.0. The molecule has 0 unspecified atom stereocenters. The van der Waals surface area contributed by atoms with Crippen LogP contribution in [0.4, 0.5) is 11.9 Å². The zero-order chi connectivity index (χ0) is 14.4. The van der Waals surface area contributed by atoms with E-state index in [-0.39, 0.29) is 24.0 Å². The lowest BCUT2D eigenvalue weighted by Gasteiger charge is -2.17. The summed E-state index contributed by atoms with van der Waals surface area (Å²) in [7, 11) is 0. The Kier molecular flexibility index (Phi) is 5.34. The van der Waals surface area contributed by atoms with E-state index in [1.807, 2.05) is 20.8 Å². The summed E-state index contributed by atoms with van der Waals surface area (Å²) in [6.45, 7) is 7.56. The topological polar surface area (TPSA) is 110 Å². The van der Waals surface area contributed by atoms with Crippen LogP contribution >= 0.6 is 0 Å². The van der Waals surface area contributed by atoms with Crippen LogP contribution < -0.4 is 10.3 Å². The molecule has 0 fully saturated rings. The van der Waals surface area contributed by atoms with Crippen molar-refractivity contribution in [3.63, 3.8) is 0 Å². The average Bonchev–Trinajstić information content (AvgIpc) is 2.40. The summed E-state index contributed by atoms with van der Waals surface area (Å²) in [4.78, 5) is 11.0. The van der Waals surface area contributed by atoms with Crippen molar-refractivity contribution in [2.24, 2.45) is 0 Å². The van der Waals surface area contributed by atoms with Crippen molar-refractivity contribution in [1.82, 2.24) is 20.4 Å². The second-order valence-electron chi connectivity index (χ2n) is 4.32. The Bertz CT molecular complexity index is 411. The molecule has 2 atom stereocenters. The first-order chi connectivity index (χ1) is 8.99. The number of hydrogen-bond acceptors (Lipinski definition) is 7.